The lowest BCUT2D eigenvalue weighted by atomic mass is 9.96. The number of ether oxygens (including phenoxy) is 3. The molecule has 1 aliphatic carbocycles. The lowest BCUT2D eigenvalue weighted by Gasteiger charge is -2.17. The molecule has 0 radical (unpaired) electrons. The number of fused-ring (bicyclic) bond motifs is 1. The minimum atomic E-state index is -0.264. The average Bonchev–Trinajstić information content (AvgIpc) is 3.31. The first-order valence-corrected chi connectivity index (χ1v) is 13.1. The predicted octanol–water partition coefficient (Wildman–Crippen LogP) is 7.58. The Morgan fingerprint density at radius 2 is 1.89 bits per heavy atom. The Kier molecular flexibility index (Phi) is 8.90. The van der Waals surface area contributed by atoms with Gasteiger partial charge in [0.15, 0.2) is 0 Å². The third-order valence-electron chi connectivity index (χ3n) is 6.85. The van der Waals surface area contributed by atoms with E-state index in [2.05, 4.69) is 62.1 Å². The van der Waals surface area contributed by atoms with Crippen LogP contribution in [0.5, 0.6) is 11.5 Å². The summed E-state index contributed by atoms with van der Waals surface area (Å²) in [5.41, 5.74) is 7.12. The van der Waals surface area contributed by atoms with E-state index in [4.69, 9.17) is 14.2 Å². The summed E-state index contributed by atoms with van der Waals surface area (Å²) in [5, 5.41) is 0. The molecule has 0 aliphatic heterocycles. The zero-order valence-corrected chi connectivity index (χ0v) is 22.3. The van der Waals surface area contributed by atoms with Gasteiger partial charge < -0.3 is 14.2 Å². The zero-order valence-electron chi connectivity index (χ0n) is 22.3. The summed E-state index contributed by atoms with van der Waals surface area (Å²) in [4.78, 5) is 11.8. The molecular formula is C33H36O4. The summed E-state index contributed by atoms with van der Waals surface area (Å²) in [5.74, 6) is 7.34. The van der Waals surface area contributed by atoms with Crippen LogP contribution in [0.15, 0.2) is 60.7 Å². The molecule has 3 aromatic carbocycles. The first-order chi connectivity index (χ1) is 18.0. The van der Waals surface area contributed by atoms with Gasteiger partial charge >= 0.3 is 5.97 Å². The van der Waals surface area contributed by atoms with E-state index in [1.807, 2.05) is 24.3 Å². The van der Waals surface area contributed by atoms with E-state index in [-0.39, 0.29) is 24.4 Å². The largest absolute Gasteiger partial charge is 0.493 e. The smallest absolute Gasteiger partial charge is 0.307 e. The highest BCUT2D eigenvalue weighted by atomic mass is 16.5. The highest BCUT2D eigenvalue weighted by Gasteiger charge is 2.25. The molecule has 0 fully saturated rings. The van der Waals surface area contributed by atoms with E-state index < -0.39 is 0 Å². The summed E-state index contributed by atoms with van der Waals surface area (Å²) in [6, 6.07) is 21.0. The standard InChI is InChI=1S/C33H36O4/c1-5-7-19-36-31-17-9-23(3)20-30(31)27-12-16-29-26(21-27)13-18-32(29)37-28-14-10-24(11-15-28)25(8-6-2)22-33(34)35-4/h9-12,14-17,20-21,25,32H,5,7,13,18-19,22H2,1-4H3. The Morgan fingerprint density at radius 3 is 2.62 bits per heavy atom. The van der Waals surface area contributed by atoms with Crippen LogP contribution >= 0.6 is 0 Å². The van der Waals surface area contributed by atoms with Crippen molar-refractivity contribution in [2.75, 3.05) is 13.7 Å². The number of aryl methyl sites for hydroxylation is 2. The number of hydrogen-bond acceptors (Lipinski definition) is 4. The summed E-state index contributed by atoms with van der Waals surface area (Å²) in [7, 11) is 1.40. The average molecular weight is 497 g/mol. The molecule has 0 saturated heterocycles. The van der Waals surface area contributed by atoms with Gasteiger partial charge in [0.25, 0.3) is 0 Å². The van der Waals surface area contributed by atoms with Crippen molar-refractivity contribution in [3.05, 3.63) is 82.9 Å². The van der Waals surface area contributed by atoms with Crippen molar-refractivity contribution in [1.82, 2.24) is 0 Å². The Balaban J connectivity index is 1.49. The van der Waals surface area contributed by atoms with Gasteiger partial charge in [0.2, 0.25) is 0 Å². The number of benzene rings is 3. The van der Waals surface area contributed by atoms with Crippen molar-refractivity contribution in [2.24, 2.45) is 0 Å². The molecule has 0 spiro atoms. The first-order valence-electron chi connectivity index (χ1n) is 13.1. The lowest BCUT2D eigenvalue weighted by molar-refractivity contribution is -0.140. The van der Waals surface area contributed by atoms with Gasteiger partial charge in [0.05, 0.1) is 26.1 Å². The molecule has 4 nitrogen and oxygen atoms in total. The third kappa shape index (κ3) is 6.54. The van der Waals surface area contributed by atoms with Crippen molar-refractivity contribution in [1.29, 1.82) is 0 Å². The SMILES string of the molecule is CC#CC(CC(=O)OC)c1ccc(OC2CCc3cc(-c4cc(C)ccc4OCCCC)ccc32)cc1. The second kappa shape index (κ2) is 12.5. The van der Waals surface area contributed by atoms with Crippen molar-refractivity contribution in [3.63, 3.8) is 0 Å². The molecule has 0 aromatic heterocycles. The zero-order chi connectivity index (χ0) is 26.2. The number of methoxy groups -OCH3 is 1. The van der Waals surface area contributed by atoms with Crippen LogP contribution in [0, 0.1) is 18.8 Å². The molecule has 4 heteroatoms. The molecule has 3 aromatic rings. The van der Waals surface area contributed by atoms with E-state index in [0.29, 0.717) is 0 Å². The number of carbonyl (C=O) groups excluding carboxylic acids is 1. The van der Waals surface area contributed by atoms with Crippen LogP contribution in [0.4, 0.5) is 0 Å². The maximum Gasteiger partial charge on any atom is 0.307 e. The summed E-state index contributed by atoms with van der Waals surface area (Å²) in [6.07, 6.45) is 4.36. The molecule has 0 bridgehead atoms. The van der Waals surface area contributed by atoms with Crippen molar-refractivity contribution >= 4 is 5.97 Å². The van der Waals surface area contributed by atoms with Crippen molar-refractivity contribution < 1.29 is 19.0 Å². The molecule has 0 N–H and O–H groups in total. The topological polar surface area (TPSA) is 44.8 Å². The normalized spacial score (nSPS) is 14.8. The molecule has 4 rings (SSSR count). The van der Waals surface area contributed by atoms with E-state index in [0.717, 1.165) is 54.9 Å². The number of hydrogen-bond donors (Lipinski definition) is 0. The minimum absolute atomic E-state index is 0.0222. The summed E-state index contributed by atoms with van der Waals surface area (Å²) in [6.45, 7) is 6.81. The van der Waals surface area contributed by atoms with E-state index in [9.17, 15) is 4.79 Å². The van der Waals surface area contributed by atoms with Gasteiger partial charge in [-0.25, -0.2) is 0 Å². The van der Waals surface area contributed by atoms with E-state index in [1.165, 1.54) is 29.4 Å². The Bertz CT molecular complexity index is 1280. The second-order valence-electron chi connectivity index (χ2n) is 9.56. The van der Waals surface area contributed by atoms with Crippen LogP contribution in [-0.2, 0) is 16.0 Å². The van der Waals surface area contributed by atoms with Crippen LogP contribution in [0.2, 0.25) is 0 Å². The fourth-order valence-corrected chi connectivity index (χ4v) is 4.81. The predicted molar refractivity (Wildman–Crippen MR) is 148 cm³/mol. The molecule has 2 atom stereocenters. The Hall–Kier alpha value is -3.71. The molecule has 2 unspecified atom stereocenters. The summed E-state index contributed by atoms with van der Waals surface area (Å²) >= 11 is 0. The summed E-state index contributed by atoms with van der Waals surface area (Å²) < 4.78 is 17.3. The van der Waals surface area contributed by atoms with Gasteiger partial charge in [-0.3, -0.25) is 4.79 Å². The highest BCUT2D eigenvalue weighted by molar-refractivity contribution is 5.73. The van der Waals surface area contributed by atoms with Crippen LogP contribution in [0.1, 0.15) is 73.8 Å². The molecule has 1 aliphatic rings. The highest BCUT2D eigenvalue weighted by Crippen LogP contribution is 2.39. The van der Waals surface area contributed by atoms with Gasteiger partial charge in [0, 0.05) is 5.56 Å². The van der Waals surface area contributed by atoms with Gasteiger partial charge in [-0.15, -0.1) is 5.92 Å². The number of carbonyl (C=O) groups is 1. The van der Waals surface area contributed by atoms with Gasteiger partial charge in [0.1, 0.15) is 17.6 Å². The molecule has 37 heavy (non-hydrogen) atoms. The fraction of sp³-hybridized carbons (Fsp3) is 0.364. The number of rotatable bonds is 10. The maximum absolute atomic E-state index is 11.8. The maximum atomic E-state index is 11.8. The Labute approximate surface area is 221 Å². The quantitative estimate of drug-likeness (QED) is 0.165. The third-order valence-corrected chi connectivity index (χ3v) is 6.85. The van der Waals surface area contributed by atoms with Crippen LogP contribution in [0.25, 0.3) is 11.1 Å². The first kappa shape index (κ1) is 26.4. The van der Waals surface area contributed by atoms with Crippen LogP contribution in [0.3, 0.4) is 0 Å². The fourth-order valence-electron chi connectivity index (χ4n) is 4.81. The van der Waals surface area contributed by atoms with Crippen molar-refractivity contribution in [2.45, 2.75) is 64.9 Å². The Morgan fingerprint density at radius 1 is 1.08 bits per heavy atom. The van der Waals surface area contributed by atoms with E-state index >= 15 is 0 Å². The van der Waals surface area contributed by atoms with E-state index in [1.54, 1.807) is 6.92 Å². The molecule has 0 heterocycles. The van der Waals surface area contributed by atoms with Gasteiger partial charge in [-0.2, -0.15) is 0 Å². The van der Waals surface area contributed by atoms with Gasteiger partial charge in [-0.1, -0.05) is 61.2 Å². The number of esters is 1. The molecule has 0 amide bonds. The van der Waals surface area contributed by atoms with Crippen molar-refractivity contribution in [3.8, 4) is 34.5 Å². The molecule has 0 saturated carbocycles. The lowest BCUT2D eigenvalue weighted by Crippen LogP contribution is -2.08. The van der Waals surface area contributed by atoms with Crippen LogP contribution < -0.4 is 9.47 Å². The second-order valence-corrected chi connectivity index (χ2v) is 9.56. The van der Waals surface area contributed by atoms with Gasteiger partial charge in [-0.05, 0) is 79.6 Å². The monoisotopic (exact) mass is 496 g/mol. The van der Waals surface area contributed by atoms with Crippen LogP contribution in [-0.4, -0.2) is 19.7 Å². The molecule has 192 valence electrons. The minimum Gasteiger partial charge on any atom is -0.493 e. The number of unbranched alkanes of at least 4 members (excludes halogenated alkanes) is 1. The molecular weight excluding hydrogens is 460 g/mol.